The van der Waals surface area contributed by atoms with E-state index in [1.54, 1.807) is 23.0 Å². The topological polar surface area (TPSA) is 73.4 Å². The first-order chi connectivity index (χ1) is 8.61. The summed E-state index contributed by atoms with van der Waals surface area (Å²) in [5.41, 5.74) is 1.21. The molecule has 0 fully saturated rings. The molecule has 7 heteroatoms. The molecule has 0 amide bonds. The van der Waals surface area contributed by atoms with Crippen LogP contribution in [0.15, 0.2) is 22.9 Å². The molecule has 2 aromatic rings. The average Bonchev–Trinajstić information content (AvgIpc) is 2.72. The van der Waals surface area contributed by atoms with Crippen molar-refractivity contribution in [1.29, 1.82) is 5.26 Å². The van der Waals surface area contributed by atoms with Gasteiger partial charge in [-0.1, -0.05) is 11.2 Å². The molecule has 5 nitrogen and oxygen atoms in total. The SMILES string of the molecule is C[S+]([O-])CCOc1cc(Br)c2c(C#N)cnn2c1. The van der Waals surface area contributed by atoms with Gasteiger partial charge in [-0.15, -0.1) is 0 Å². The van der Waals surface area contributed by atoms with Gasteiger partial charge in [0, 0.05) is 4.47 Å². The zero-order valence-corrected chi connectivity index (χ0v) is 12.0. The first-order valence-electron chi connectivity index (χ1n) is 5.11. The Kier molecular flexibility index (Phi) is 4.11. The standard InChI is InChI=1S/C11H10BrN3O2S/c1-18(16)3-2-17-9-4-10(12)11-8(5-13)6-14-15(11)7-9/h4,6-7H,2-3H2,1H3. The molecule has 0 aromatic carbocycles. The van der Waals surface area contributed by atoms with E-state index in [1.165, 1.54) is 6.20 Å². The van der Waals surface area contributed by atoms with Crippen molar-refractivity contribution in [1.82, 2.24) is 9.61 Å². The molecule has 0 aliphatic heterocycles. The summed E-state index contributed by atoms with van der Waals surface area (Å²) in [5, 5.41) is 13.0. The van der Waals surface area contributed by atoms with E-state index in [4.69, 9.17) is 10.00 Å². The van der Waals surface area contributed by atoms with Crippen LogP contribution in [0.1, 0.15) is 5.56 Å². The lowest BCUT2D eigenvalue weighted by molar-refractivity contribution is 0.338. The van der Waals surface area contributed by atoms with E-state index in [0.717, 1.165) is 4.47 Å². The van der Waals surface area contributed by atoms with Gasteiger partial charge in [0.2, 0.25) is 0 Å². The summed E-state index contributed by atoms with van der Waals surface area (Å²) in [4.78, 5) is 0. The molecule has 2 aromatic heterocycles. The van der Waals surface area contributed by atoms with Crippen molar-refractivity contribution in [3.8, 4) is 11.8 Å². The van der Waals surface area contributed by atoms with Crippen LogP contribution in [-0.4, -0.2) is 32.8 Å². The van der Waals surface area contributed by atoms with Crippen LogP contribution < -0.4 is 4.74 Å². The summed E-state index contributed by atoms with van der Waals surface area (Å²) in [6.07, 6.45) is 4.83. The number of nitrogens with zero attached hydrogens (tertiary/aromatic N) is 3. The third-order valence-electron chi connectivity index (χ3n) is 2.30. The molecule has 1 atom stereocenters. The maximum Gasteiger partial charge on any atom is 0.139 e. The van der Waals surface area contributed by atoms with Crippen molar-refractivity contribution in [2.75, 3.05) is 18.6 Å². The number of ether oxygens (including phenoxy) is 1. The molecule has 0 saturated carbocycles. The van der Waals surface area contributed by atoms with Gasteiger partial charge < -0.3 is 9.29 Å². The van der Waals surface area contributed by atoms with Crippen LogP contribution in [0.2, 0.25) is 0 Å². The molecule has 0 radical (unpaired) electrons. The van der Waals surface area contributed by atoms with Gasteiger partial charge in [0.25, 0.3) is 0 Å². The van der Waals surface area contributed by atoms with E-state index < -0.39 is 11.2 Å². The van der Waals surface area contributed by atoms with E-state index >= 15 is 0 Å². The second-order valence-electron chi connectivity index (χ2n) is 3.61. The summed E-state index contributed by atoms with van der Waals surface area (Å²) >= 11 is 2.52. The smallest absolute Gasteiger partial charge is 0.139 e. The largest absolute Gasteiger partial charge is 0.616 e. The minimum atomic E-state index is -0.871. The average molecular weight is 328 g/mol. The first-order valence-corrected chi connectivity index (χ1v) is 7.63. The molecule has 0 bridgehead atoms. The number of fused-ring (bicyclic) bond motifs is 1. The highest BCUT2D eigenvalue weighted by Crippen LogP contribution is 2.26. The molecule has 0 aliphatic rings. The highest BCUT2D eigenvalue weighted by atomic mass is 79.9. The van der Waals surface area contributed by atoms with Crippen molar-refractivity contribution in [3.05, 3.63) is 28.5 Å². The lowest BCUT2D eigenvalue weighted by atomic mass is 10.3. The second-order valence-corrected chi connectivity index (χ2v) is 6.02. The van der Waals surface area contributed by atoms with E-state index in [-0.39, 0.29) is 0 Å². The van der Waals surface area contributed by atoms with Gasteiger partial charge in [-0.2, -0.15) is 10.4 Å². The summed E-state index contributed by atoms with van der Waals surface area (Å²) in [6.45, 7) is 0.382. The van der Waals surface area contributed by atoms with Crippen molar-refractivity contribution < 1.29 is 9.29 Å². The number of pyridine rings is 1. The van der Waals surface area contributed by atoms with Gasteiger partial charge in [0.15, 0.2) is 0 Å². The van der Waals surface area contributed by atoms with Crippen LogP contribution in [0, 0.1) is 11.3 Å². The Balaban J connectivity index is 2.25. The summed E-state index contributed by atoms with van der Waals surface area (Å²) < 4.78 is 18.7. The van der Waals surface area contributed by atoms with Crippen LogP contribution >= 0.6 is 15.9 Å². The van der Waals surface area contributed by atoms with E-state index in [9.17, 15) is 4.55 Å². The van der Waals surface area contributed by atoms with Gasteiger partial charge in [-0.05, 0) is 22.0 Å². The van der Waals surface area contributed by atoms with Crippen LogP contribution in [0.25, 0.3) is 5.52 Å². The zero-order valence-electron chi connectivity index (χ0n) is 9.59. The normalized spacial score (nSPS) is 12.3. The summed E-state index contributed by atoms with van der Waals surface area (Å²) in [5.74, 6) is 1.10. The van der Waals surface area contributed by atoms with Gasteiger partial charge >= 0.3 is 0 Å². The Bertz CT molecular complexity index is 606. The fourth-order valence-electron chi connectivity index (χ4n) is 1.49. The third-order valence-corrected chi connectivity index (χ3v) is 3.65. The van der Waals surface area contributed by atoms with E-state index in [1.807, 2.05) is 0 Å². The molecule has 0 spiro atoms. The highest BCUT2D eigenvalue weighted by molar-refractivity contribution is 9.10. The van der Waals surface area contributed by atoms with E-state index in [0.29, 0.717) is 29.2 Å². The Morgan fingerprint density at radius 2 is 2.44 bits per heavy atom. The van der Waals surface area contributed by atoms with Crippen molar-refractivity contribution >= 4 is 32.6 Å². The predicted octanol–water partition coefficient (Wildman–Crippen LogP) is 1.73. The molecule has 0 aliphatic carbocycles. The molecule has 2 heterocycles. The molecule has 2 rings (SSSR count). The number of rotatable bonds is 4. The number of aromatic nitrogens is 2. The van der Waals surface area contributed by atoms with Crippen molar-refractivity contribution in [2.24, 2.45) is 0 Å². The summed E-state index contributed by atoms with van der Waals surface area (Å²) in [6, 6.07) is 3.85. The fourth-order valence-corrected chi connectivity index (χ4v) is 2.43. The molecule has 0 saturated heterocycles. The number of nitriles is 1. The first kappa shape index (κ1) is 13.2. The van der Waals surface area contributed by atoms with E-state index in [2.05, 4.69) is 27.1 Å². The lowest BCUT2D eigenvalue weighted by Gasteiger charge is -2.08. The number of hydrogen-bond acceptors (Lipinski definition) is 4. The lowest BCUT2D eigenvalue weighted by Crippen LogP contribution is -2.12. The molecule has 94 valence electrons. The van der Waals surface area contributed by atoms with Gasteiger partial charge in [-0.25, -0.2) is 4.52 Å². The monoisotopic (exact) mass is 327 g/mol. The molecule has 1 unspecified atom stereocenters. The maximum absolute atomic E-state index is 10.9. The summed E-state index contributed by atoms with van der Waals surface area (Å²) in [7, 11) is 0. The zero-order chi connectivity index (χ0) is 13.1. The molecule has 0 N–H and O–H groups in total. The maximum atomic E-state index is 10.9. The fraction of sp³-hybridized carbons (Fsp3) is 0.273. The Labute approximate surface area is 116 Å². The van der Waals surface area contributed by atoms with Gasteiger partial charge in [0.1, 0.15) is 24.2 Å². The quantitative estimate of drug-likeness (QED) is 0.801. The van der Waals surface area contributed by atoms with Crippen LogP contribution in [0.5, 0.6) is 5.75 Å². The minimum Gasteiger partial charge on any atom is -0.616 e. The van der Waals surface area contributed by atoms with Crippen LogP contribution in [-0.2, 0) is 11.2 Å². The third kappa shape index (κ3) is 2.77. The molecular weight excluding hydrogens is 318 g/mol. The van der Waals surface area contributed by atoms with Crippen LogP contribution in [0.3, 0.4) is 0 Å². The van der Waals surface area contributed by atoms with Crippen molar-refractivity contribution in [3.63, 3.8) is 0 Å². The number of halogens is 1. The Hall–Kier alpha value is -1.23. The van der Waals surface area contributed by atoms with Gasteiger partial charge in [-0.3, -0.25) is 0 Å². The molecular formula is C11H10BrN3O2S. The predicted molar refractivity (Wildman–Crippen MR) is 72.0 cm³/mol. The Morgan fingerprint density at radius 1 is 1.67 bits per heavy atom. The molecule has 18 heavy (non-hydrogen) atoms. The highest BCUT2D eigenvalue weighted by Gasteiger charge is 2.10. The minimum absolute atomic E-state index is 0.382. The van der Waals surface area contributed by atoms with Gasteiger partial charge in [0.05, 0.1) is 29.7 Å². The Morgan fingerprint density at radius 3 is 3.11 bits per heavy atom. The number of hydrogen-bond donors (Lipinski definition) is 0. The van der Waals surface area contributed by atoms with Crippen molar-refractivity contribution in [2.45, 2.75) is 0 Å². The van der Waals surface area contributed by atoms with Crippen LogP contribution in [0.4, 0.5) is 0 Å². The second kappa shape index (κ2) is 5.61.